The second kappa shape index (κ2) is 13.6. The molecule has 7 nitrogen and oxygen atoms in total. The Morgan fingerprint density at radius 2 is 1.57 bits per heavy atom. The van der Waals surface area contributed by atoms with Gasteiger partial charge in [0.1, 0.15) is 0 Å². The quantitative estimate of drug-likeness (QED) is 0.394. The fraction of sp³-hybridized carbons (Fsp3) is 1.00. The maximum Gasteiger partial charge on any atom is 0.500 e. The largest absolute Gasteiger partial charge is 0.500 e. The highest BCUT2D eigenvalue weighted by atomic mass is 31.2. The maximum atomic E-state index is 10.2. The van der Waals surface area contributed by atoms with E-state index in [0.717, 1.165) is 13.2 Å². The number of rotatable bonds is 11. The molecule has 0 saturated heterocycles. The predicted molar refractivity (Wildman–Crippen MR) is 78.5 cm³/mol. The molecule has 0 aromatic rings. The molecule has 0 unspecified atom stereocenters. The standard InChI is InChI=1S/C12H27NO2.FH2O4P/c1-5-12(6-2,7-3)13-8-9-15-11-10-14-4;1-5-6(2,3)4/h13H,5-11H2,1-4H3;(H2,2,3,4). The molecule has 0 aliphatic rings. The maximum absolute atomic E-state index is 10.2. The lowest BCUT2D eigenvalue weighted by atomic mass is 9.90. The molecule has 0 aliphatic heterocycles. The summed E-state index contributed by atoms with van der Waals surface area (Å²) < 4.78 is 31.8. The van der Waals surface area contributed by atoms with Crippen molar-refractivity contribution in [3.63, 3.8) is 0 Å². The number of nitrogens with one attached hydrogen (secondary N) is 1. The van der Waals surface area contributed by atoms with Gasteiger partial charge in [0, 0.05) is 19.2 Å². The van der Waals surface area contributed by atoms with Crippen molar-refractivity contribution in [2.24, 2.45) is 0 Å². The van der Waals surface area contributed by atoms with E-state index in [-0.39, 0.29) is 0 Å². The molecule has 0 fully saturated rings. The summed E-state index contributed by atoms with van der Waals surface area (Å²) in [5, 5.41) is 3.59. The minimum atomic E-state index is -4.81. The zero-order valence-corrected chi connectivity index (χ0v) is 14.2. The van der Waals surface area contributed by atoms with Crippen LogP contribution in [0.5, 0.6) is 0 Å². The van der Waals surface area contributed by atoms with Crippen LogP contribution in [-0.2, 0) is 18.8 Å². The molecule has 130 valence electrons. The first kappa shape index (κ1) is 23.2. The van der Waals surface area contributed by atoms with Gasteiger partial charge in [0.25, 0.3) is 0 Å². The topological polar surface area (TPSA) is 97.3 Å². The van der Waals surface area contributed by atoms with Gasteiger partial charge in [-0.3, -0.25) is 0 Å². The van der Waals surface area contributed by atoms with Gasteiger partial charge in [-0.25, -0.2) is 4.57 Å². The molecule has 0 aliphatic carbocycles. The first-order valence-electron chi connectivity index (χ1n) is 6.98. The second-order valence-electron chi connectivity index (χ2n) is 4.43. The zero-order chi connectivity index (χ0) is 16.8. The van der Waals surface area contributed by atoms with E-state index in [1.165, 1.54) is 19.3 Å². The van der Waals surface area contributed by atoms with Crippen LogP contribution in [0, 0.1) is 0 Å². The van der Waals surface area contributed by atoms with Crippen molar-refractivity contribution in [2.75, 3.05) is 33.5 Å². The monoisotopic (exact) mass is 333 g/mol. The van der Waals surface area contributed by atoms with E-state index in [1.807, 2.05) is 0 Å². The van der Waals surface area contributed by atoms with Gasteiger partial charge in [0.15, 0.2) is 0 Å². The van der Waals surface area contributed by atoms with Crippen LogP contribution >= 0.6 is 7.82 Å². The van der Waals surface area contributed by atoms with Crippen LogP contribution in [-0.4, -0.2) is 48.8 Å². The Labute approximate surface area is 126 Å². The molecule has 0 aromatic heterocycles. The summed E-state index contributed by atoms with van der Waals surface area (Å²) in [5.41, 5.74) is 0.310. The lowest BCUT2D eigenvalue weighted by Crippen LogP contribution is -2.45. The SMILES string of the molecule is CCC(CC)(CC)NCCOCCOC.O=P(O)(O)OF. The summed E-state index contributed by atoms with van der Waals surface area (Å²) in [6.07, 6.45) is 3.54. The van der Waals surface area contributed by atoms with E-state index in [2.05, 4.69) is 30.8 Å². The molecule has 0 amide bonds. The van der Waals surface area contributed by atoms with Crippen molar-refractivity contribution < 1.29 is 33.1 Å². The second-order valence-corrected chi connectivity index (χ2v) is 5.55. The normalized spacial score (nSPS) is 12.0. The van der Waals surface area contributed by atoms with Gasteiger partial charge in [-0.1, -0.05) is 25.5 Å². The summed E-state index contributed by atoms with van der Waals surface area (Å²) in [7, 11) is -3.12. The van der Waals surface area contributed by atoms with E-state index >= 15 is 0 Å². The van der Waals surface area contributed by atoms with E-state index < -0.39 is 7.82 Å². The van der Waals surface area contributed by atoms with Crippen LogP contribution < -0.4 is 5.32 Å². The summed E-state index contributed by atoms with van der Waals surface area (Å²) in [5.74, 6) is 0. The molecule has 0 radical (unpaired) electrons. The summed E-state index contributed by atoms with van der Waals surface area (Å²) >= 11 is 0. The number of halogens is 1. The Morgan fingerprint density at radius 1 is 1.10 bits per heavy atom. The molecular formula is C12H29FNO6P. The van der Waals surface area contributed by atoms with Crippen molar-refractivity contribution >= 4 is 7.82 Å². The van der Waals surface area contributed by atoms with Crippen LogP contribution in [0.2, 0.25) is 0 Å². The summed E-state index contributed by atoms with van der Waals surface area (Å²) in [6.45, 7) is 9.80. The van der Waals surface area contributed by atoms with Crippen LogP contribution in [0.3, 0.4) is 0 Å². The van der Waals surface area contributed by atoms with Crippen LogP contribution in [0.15, 0.2) is 0 Å². The number of hydrogen-bond donors (Lipinski definition) is 3. The number of methoxy groups -OCH3 is 1. The van der Waals surface area contributed by atoms with Crippen LogP contribution in [0.4, 0.5) is 4.53 Å². The average molecular weight is 333 g/mol. The fourth-order valence-electron chi connectivity index (χ4n) is 1.76. The van der Waals surface area contributed by atoms with Gasteiger partial charge in [0.2, 0.25) is 0 Å². The molecule has 0 spiro atoms. The van der Waals surface area contributed by atoms with Gasteiger partial charge < -0.3 is 24.6 Å². The predicted octanol–water partition coefficient (Wildman–Crippen LogP) is 2.19. The zero-order valence-electron chi connectivity index (χ0n) is 13.3. The highest BCUT2D eigenvalue weighted by molar-refractivity contribution is 7.46. The van der Waals surface area contributed by atoms with Crippen molar-refractivity contribution in [1.29, 1.82) is 0 Å². The van der Waals surface area contributed by atoms with E-state index in [1.54, 1.807) is 7.11 Å². The number of ether oxygens (including phenoxy) is 2. The molecule has 0 rings (SSSR count). The lowest BCUT2D eigenvalue weighted by Gasteiger charge is -2.32. The third kappa shape index (κ3) is 14.6. The van der Waals surface area contributed by atoms with Gasteiger partial charge in [-0.2, -0.15) is 0 Å². The highest BCUT2D eigenvalue weighted by Crippen LogP contribution is 2.35. The van der Waals surface area contributed by atoms with Crippen molar-refractivity contribution in [1.82, 2.24) is 5.32 Å². The lowest BCUT2D eigenvalue weighted by molar-refractivity contribution is -0.0389. The van der Waals surface area contributed by atoms with E-state index in [4.69, 9.17) is 23.8 Å². The Morgan fingerprint density at radius 3 is 1.90 bits per heavy atom. The summed E-state index contributed by atoms with van der Waals surface area (Å²) in [4.78, 5) is 14.7. The number of hydrogen-bond acceptors (Lipinski definition) is 5. The molecule has 0 atom stereocenters. The van der Waals surface area contributed by atoms with Crippen LogP contribution in [0.25, 0.3) is 0 Å². The molecule has 0 saturated carbocycles. The minimum Gasteiger partial charge on any atom is -0.382 e. The van der Waals surface area contributed by atoms with E-state index in [9.17, 15) is 4.53 Å². The van der Waals surface area contributed by atoms with Crippen LogP contribution in [0.1, 0.15) is 40.0 Å². The van der Waals surface area contributed by atoms with Gasteiger partial charge >= 0.3 is 7.82 Å². The Kier molecular flexibility index (Phi) is 15.0. The summed E-state index contributed by atoms with van der Waals surface area (Å²) in [6, 6.07) is 0. The average Bonchev–Trinajstić information content (AvgIpc) is 2.47. The molecule has 0 heterocycles. The van der Waals surface area contributed by atoms with Gasteiger partial charge in [-0.15, -0.1) is 0 Å². The van der Waals surface area contributed by atoms with E-state index in [0.29, 0.717) is 18.8 Å². The molecule has 0 aromatic carbocycles. The molecule has 3 N–H and O–H groups in total. The highest BCUT2D eigenvalue weighted by Gasteiger charge is 2.21. The van der Waals surface area contributed by atoms with Gasteiger partial charge in [0.05, 0.1) is 19.8 Å². The third-order valence-electron chi connectivity index (χ3n) is 3.30. The number of phosphoric acid groups is 1. The van der Waals surface area contributed by atoms with Crippen molar-refractivity contribution in [3.8, 4) is 0 Å². The Bertz CT molecular complexity index is 264. The minimum absolute atomic E-state index is 0.310. The third-order valence-corrected chi connectivity index (χ3v) is 3.48. The molecule has 9 heteroatoms. The smallest absolute Gasteiger partial charge is 0.382 e. The molecule has 0 bridgehead atoms. The fourth-order valence-corrected chi connectivity index (χ4v) is 1.76. The van der Waals surface area contributed by atoms with Gasteiger partial charge in [-0.05, 0) is 23.8 Å². The Balaban J connectivity index is 0. The Hall–Kier alpha value is -0.0800. The molecular weight excluding hydrogens is 304 g/mol. The first-order valence-corrected chi connectivity index (χ1v) is 8.51. The van der Waals surface area contributed by atoms with Crippen molar-refractivity contribution in [3.05, 3.63) is 0 Å². The van der Waals surface area contributed by atoms with Crippen molar-refractivity contribution in [2.45, 2.75) is 45.6 Å². The first-order chi connectivity index (χ1) is 9.80. The molecule has 21 heavy (non-hydrogen) atoms.